The van der Waals surface area contributed by atoms with Gasteiger partial charge in [-0.2, -0.15) is 0 Å². The van der Waals surface area contributed by atoms with Crippen LogP contribution >= 0.6 is 0 Å². The van der Waals surface area contributed by atoms with Crippen LogP contribution in [-0.4, -0.2) is 60.4 Å². The molecule has 0 aliphatic carbocycles. The highest BCUT2D eigenvalue weighted by Gasteiger charge is 2.20. The van der Waals surface area contributed by atoms with Gasteiger partial charge in [-0.15, -0.1) is 0 Å². The van der Waals surface area contributed by atoms with Crippen LogP contribution in [0.15, 0.2) is 85.3 Å². The second kappa shape index (κ2) is 13.3. The highest BCUT2D eigenvalue weighted by Crippen LogP contribution is 2.23. The lowest BCUT2D eigenvalue weighted by molar-refractivity contribution is 0.0693. The van der Waals surface area contributed by atoms with Crippen LogP contribution < -0.4 is 5.32 Å². The van der Waals surface area contributed by atoms with Crippen molar-refractivity contribution in [3.05, 3.63) is 119 Å². The number of aromatic hydroxyl groups is 1. The van der Waals surface area contributed by atoms with E-state index in [1.165, 1.54) is 18.3 Å². The number of rotatable bonds is 12. The van der Waals surface area contributed by atoms with Gasteiger partial charge in [0.15, 0.2) is 0 Å². The van der Waals surface area contributed by atoms with Crippen molar-refractivity contribution in [3.63, 3.8) is 0 Å². The number of carboxylic acids is 1. The van der Waals surface area contributed by atoms with Gasteiger partial charge < -0.3 is 20.6 Å². The fraction of sp³-hybridized carbons (Fsp3) is 0.179. The molecule has 0 aliphatic heterocycles. The molecule has 0 saturated carbocycles. The van der Waals surface area contributed by atoms with Gasteiger partial charge in [0.1, 0.15) is 11.3 Å². The van der Waals surface area contributed by atoms with Gasteiger partial charge in [-0.1, -0.05) is 24.3 Å². The largest absolute Gasteiger partial charge is 0.507 e. The quantitative estimate of drug-likeness (QED) is 0.204. The van der Waals surface area contributed by atoms with Gasteiger partial charge in [-0.3, -0.25) is 24.6 Å². The maximum absolute atomic E-state index is 12.8. The summed E-state index contributed by atoms with van der Waals surface area (Å²) in [5.41, 5.74) is 2.96. The molecule has 3 heterocycles. The van der Waals surface area contributed by atoms with Gasteiger partial charge in [0.2, 0.25) is 0 Å². The fourth-order valence-electron chi connectivity index (χ4n) is 4.11. The van der Waals surface area contributed by atoms with Gasteiger partial charge in [0.25, 0.3) is 13.4 Å². The van der Waals surface area contributed by atoms with E-state index >= 15 is 0 Å². The molecule has 0 bridgehead atoms. The van der Waals surface area contributed by atoms with Crippen molar-refractivity contribution in [3.8, 4) is 5.75 Å². The molecule has 0 radical (unpaired) electrons. The standard InChI is InChI=1S/C28H28BN5O5/c35-26-19(6-5-9-24(26)28(37)38)14-25(29-39)33-27(36)20-10-11-23(32-15-20)18-34(16-21-7-1-3-12-30-21)17-22-8-2-4-13-31-22/h1-13,15,25,29,35,39H,14,16-18H2,(H,33,36)(H,37,38)/t25-/m1/s1. The Kier molecular flexibility index (Phi) is 9.33. The first-order chi connectivity index (χ1) is 18.9. The lowest BCUT2D eigenvalue weighted by Gasteiger charge is -2.21. The highest BCUT2D eigenvalue weighted by molar-refractivity contribution is 6.28. The van der Waals surface area contributed by atoms with E-state index in [2.05, 4.69) is 25.2 Å². The van der Waals surface area contributed by atoms with Crippen molar-refractivity contribution < 1.29 is 24.8 Å². The molecular weight excluding hydrogens is 497 g/mol. The first-order valence-corrected chi connectivity index (χ1v) is 12.4. The lowest BCUT2D eigenvalue weighted by atomic mass is 9.82. The Bertz CT molecular complexity index is 1350. The predicted molar refractivity (Wildman–Crippen MR) is 145 cm³/mol. The maximum atomic E-state index is 12.8. The van der Waals surface area contributed by atoms with Crippen molar-refractivity contribution in [2.75, 3.05) is 0 Å². The van der Waals surface area contributed by atoms with Crippen LogP contribution in [0, 0.1) is 0 Å². The first kappa shape index (κ1) is 27.4. The first-order valence-electron chi connectivity index (χ1n) is 12.4. The number of phenols is 1. The number of aromatic nitrogens is 3. The molecule has 4 N–H and O–H groups in total. The topological polar surface area (TPSA) is 149 Å². The molecule has 10 nitrogen and oxygen atoms in total. The molecule has 198 valence electrons. The van der Waals surface area contributed by atoms with Crippen LogP contribution in [0.25, 0.3) is 0 Å². The minimum absolute atomic E-state index is 0.0523. The number of amides is 1. The Hall–Kier alpha value is -4.61. The summed E-state index contributed by atoms with van der Waals surface area (Å²) in [6.07, 6.45) is 5.03. The van der Waals surface area contributed by atoms with Gasteiger partial charge in [0, 0.05) is 44.2 Å². The molecule has 0 aliphatic rings. The summed E-state index contributed by atoms with van der Waals surface area (Å²) in [5.74, 6) is -2.83. The average Bonchev–Trinajstić information content (AvgIpc) is 2.95. The number of benzene rings is 1. The minimum Gasteiger partial charge on any atom is -0.507 e. The van der Waals surface area contributed by atoms with E-state index in [-0.39, 0.29) is 17.7 Å². The van der Waals surface area contributed by atoms with Crippen LogP contribution in [0.4, 0.5) is 0 Å². The number of carboxylic acid groups (broad SMARTS) is 1. The van der Waals surface area contributed by atoms with E-state index in [1.54, 1.807) is 30.6 Å². The Morgan fingerprint density at radius 1 is 0.846 bits per heavy atom. The van der Waals surface area contributed by atoms with Gasteiger partial charge in [0.05, 0.1) is 22.6 Å². The van der Waals surface area contributed by atoms with E-state index in [9.17, 15) is 24.8 Å². The summed E-state index contributed by atoms with van der Waals surface area (Å²) in [6.45, 7) is 1.69. The number of carbonyl (C=O) groups is 2. The summed E-state index contributed by atoms with van der Waals surface area (Å²) in [5, 5.41) is 32.0. The number of pyridine rings is 3. The van der Waals surface area contributed by atoms with E-state index < -0.39 is 25.3 Å². The molecule has 1 amide bonds. The lowest BCUT2D eigenvalue weighted by Crippen LogP contribution is -2.41. The number of hydrogen-bond donors (Lipinski definition) is 4. The predicted octanol–water partition coefficient (Wildman–Crippen LogP) is 2.12. The van der Waals surface area contributed by atoms with Crippen LogP contribution in [0.3, 0.4) is 0 Å². The smallest absolute Gasteiger partial charge is 0.339 e. The van der Waals surface area contributed by atoms with Crippen molar-refractivity contribution in [2.24, 2.45) is 0 Å². The zero-order chi connectivity index (χ0) is 27.6. The third kappa shape index (κ3) is 7.70. The second-order valence-electron chi connectivity index (χ2n) is 9.00. The molecule has 0 spiro atoms. The molecule has 0 saturated heterocycles. The fourth-order valence-corrected chi connectivity index (χ4v) is 4.11. The van der Waals surface area contributed by atoms with Crippen LogP contribution in [0.5, 0.6) is 5.75 Å². The van der Waals surface area contributed by atoms with Crippen molar-refractivity contribution >= 4 is 19.4 Å². The Morgan fingerprint density at radius 3 is 2.00 bits per heavy atom. The molecular formula is C28H28BN5O5. The third-order valence-electron chi connectivity index (χ3n) is 6.07. The van der Waals surface area contributed by atoms with Crippen molar-refractivity contribution in [1.29, 1.82) is 0 Å². The van der Waals surface area contributed by atoms with E-state index in [0.29, 0.717) is 30.8 Å². The number of hydrogen-bond acceptors (Lipinski definition) is 8. The molecule has 1 atom stereocenters. The average molecular weight is 525 g/mol. The molecule has 4 aromatic rings. The molecule has 0 unspecified atom stereocenters. The van der Waals surface area contributed by atoms with Crippen molar-refractivity contribution in [2.45, 2.75) is 32.0 Å². The van der Waals surface area contributed by atoms with Gasteiger partial charge in [-0.25, -0.2) is 4.79 Å². The van der Waals surface area contributed by atoms with Gasteiger partial charge >= 0.3 is 5.97 Å². The molecule has 3 aromatic heterocycles. The van der Waals surface area contributed by atoms with Crippen LogP contribution in [-0.2, 0) is 26.1 Å². The summed E-state index contributed by atoms with van der Waals surface area (Å²) in [7, 11) is -0.399. The molecule has 39 heavy (non-hydrogen) atoms. The maximum Gasteiger partial charge on any atom is 0.339 e. The monoisotopic (exact) mass is 525 g/mol. The van der Waals surface area contributed by atoms with Crippen LogP contribution in [0.1, 0.15) is 43.4 Å². The molecule has 0 fully saturated rings. The number of nitrogens with one attached hydrogen (secondary N) is 1. The number of para-hydroxylation sites is 1. The molecule has 1 aromatic carbocycles. The summed E-state index contributed by atoms with van der Waals surface area (Å²) in [4.78, 5) is 39.6. The van der Waals surface area contributed by atoms with Crippen molar-refractivity contribution in [1.82, 2.24) is 25.2 Å². The SMILES string of the molecule is O=C(N[C@@H](BO)Cc1cccc(C(=O)O)c1O)c1ccc(CN(Cc2ccccn2)Cc2ccccn2)nc1. The second-order valence-corrected chi connectivity index (χ2v) is 9.00. The summed E-state index contributed by atoms with van der Waals surface area (Å²) in [6, 6.07) is 19.3. The minimum atomic E-state index is -1.26. The zero-order valence-corrected chi connectivity index (χ0v) is 21.1. The van der Waals surface area contributed by atoms with E-state index in [1.807, 2.05) is 36.4 Å². The Balaban J connectivity index is 1.41. The Labute approximate surface area is 226 Å². The van der Waals surface area contributed by atoms with Crippen LogP contribution in [0.2, 0.25) is 0 Å². The van der Waals surface area contributed by atoms with E-state index in [4.69, 9.17) is 0 Å². The number of carbonyl (C=O) groups excluding carboxylic acids is 1. The third-order valence-corrected chi connectivity index (χ3v) is 6.07. The van der Waals surface area contributed by atoms with E-state index in [0.717, 1.165) is 17.1 Å². The Morgan fingerprint density at radius 2 is 1.49 bits per heavy atom. The summed E-state index contributed by atoms with van der Waals surface area (Å²) >= 11 is 0. The number of aromatic carboxylic acids is 1. The highest BCUT2D eigenvalue weighted by atomic mass is 16.4. The zero-order valence-electron chi connectivity index (χ0n) is 21.1. The number of nitrogens with zero attached hydrogens (tertiary/aromatic N) is 4. The molecule has 11 heteroatoms. The molecule has 4 rings (SSSR count). The summed E-state index contributed by atoms with van der Waals surface area (Å²) < 4.78 is 0. The normalized spacial score (nSPS) is 11.6. The van der Waals surface area contributed by atoms with Gasteiger partial charge in [-0.05, 0) is 54.4 Å².